The Hall–Kier alpha value is -1.48. The summed E-state index contributed by atoms with van der Waals surface area (Å²) in [5.74, 6) is 0. The summed E-state index contributed by atoms with van der Waals surface area (Å²) >= 11 is 3.45. The number of benzene rings is 2. The van der Waals surface area contributed by atoms with Gasteiger partial charge in [0, 0.05) is 10.2 Å². The van der Waals surface area contributed by atoms with Gasteiger partial charge in [-0.2, -0.15) is 0 Å². The summed E-state index contributed by atoms with van der Waals surface area (Å²) in [7, 11) is 0. The third-order valence-corrected chi connectivity index (χ3v) is 3.16. The number of hydrogen-bond donors (Lipinski definition) is 2. The molecular formula is C14H15BrN2. The molecule has 2 aromatic carbocycles. The van der Waals surface area contributed by atoms with E-state index in [0.29, 0.717) is 0 Å². The molecule has 2 rings (SSSR count). The van der Waals surface area contributed by atoms with Crippen LogP contribution in [0.3, 0.4) is 0 Å². The Kier molecular flexibility index (Phi) is 3.38. The number of nitrogens with one attached hydrogen (secondary N) is 1. The number of nitrogens with two attached hydrogens (primary N) is 1. The molecule has 2 nitrogen and oxygen atoms in total. The molecule has 0 bridgehead atoms. The molecule has 0 aliphatic heterocycles. The van der Waals surface area contributed by atoms with E-state index in [1.165, 1.54) is 11.1 Å². The van der Waals surface area contributed by atoms with Crippen molar-refractivity contribution in [2.24, 2.45) is 0 Å². The first kappa shape index (κ1) is 12.0. The van der Waals surface area contributed by atoms with Crippen LogP contribution in [0.25, 0.3) is 0 Å². The molecule has 3 heteroatoms. The van der Waals surface area contributed by atoms with Gasteiger partial charge in [0.05, 0.1) is 11.4 Å². The summed E-state index contributed by atoms with van der Waals surface area (Å²) in [5.41, 5.74) is 11.1. The molecule has 0 aromatic heterocycles. The molecule has 0 fully saturated rings. The van der Waals surface area contributed by atoms with Gasteiger partial charge in [0.2, 0.25) is 0 Å². The van der Waals surface area contributed by atoms with Crippen LogP contribution in [0.2, 0.25) is 0 Å². The van der Waals surface area contributed by atoms with Crippen LogP contribution in [-0.2, 0) is 0 Å². The molecule has 88 valence electrons. The summed E-state index contributed by atoms with van der Waals surface area (Å²) in [6.45, 7) is 4.10. The predicted octanol–water partition coefficient (Wildman–Crippen LogP) is 4.39. The molecule has 0 amide bonds. The highest BCUT2D eigenvalue weighted by Crippen LogP contribution is 2.27. The highest BCUT2D eigenvalue weighted by molar-refractivity contribution is 9.10. The Morgan fingerprint density at radius 1 is 1.00 bits per heavy atom. The third kappa shape index (κ3) is 2.80. The Bertz CT molecular complexity index is 500. The summed E-state index contributed by atoms with van der Waals surface area (Å²) in [4.78, 5) is 0. The fraction of sp³-hybridized carbons (Fsp3) is 0.143. The molecule has 0 spiro atoms. The van der Waals surface area contributed by atoms with Crippen molar-refractivity contribution in [2.45, 2.75) is 13.8 Å². The van der Waals surface area contributed by atoms with Crippen molar-refractivity contribution < 1.29 is 0 Å². The molecule has 17 heavy (non-hydrogen) atoms. The highest BCUT2D eigenvalue weighted by atomic mass is 79.9. The smallest absolute Gasteiger partial charge is 0.0618 e. The highest BCUT2D eigenvalue weighted by Gasteiger charge is 2.02. The summed E-state index contributed by atoms with van der Waals surface area (Å²) in [5, 5.41) is 3.35. The van der Waals surface area contributed by atoms with Crippen LogP contribution in [0.1, 0.15) is 11.1 Å². The standard InChI is InChI=1S/C14H15BrN2/c1-9-3-5-14(12(16)7-9)17-13-6-4-11(15)8-10(13)2/h3-8,17H,16H2,1-2H3. The molecule has 0 saturated carbocycles. The van der Waals surface area contributed by atoms with Gasteiger partial charge >= 0.3 is 0 Å². The summed E-state index contributed by atoms with van der Waals surface area (Å²) < 4.78 is 1.08. The Morgan fingerprint density at radius 3 is 2.35 bits per heavy atom. The first-order valence-corrected chi connectivity index (χ1v) is 6.25. The van der Waals surface area contributed by atoms with Crippen LogP contribution >= 0.6 is 15.9 Å². The van der Waals surface area contributed by atoms with Gasteiger partial charge in [-0.3, -0.25) is 0 Å². The molecule has 0 atom stereocenters. The van der Waals surface area contributed by atoms with E-state index in [9.17, 15) is 0 Å². The Labute approximate surface area is 110 Å². The van der Waals surface area contributed by atoms with E-state index in [1.54, 1.807) is 0 Å². The van der Waals surface area contributed by atoms with Crippen molar-refractivity contribution in [2.75, 3.05) is 11.1 Å². The molecule has 0 heterocycles. The van der Waals surface area contributed by atoms with Crippen molar-refractivity contribution in [1.29, 1.82) is 0 Å². The summed E-state index contributed by atoms with van der Waals surface area (Å²) in [6.07, 6.45) is 0. The van der Waals surface area contributed by atoms with E-state index in [4.69, 9.17) is 5.73 Å². The molecule has 0 radical (unpaired) electrons. The maximum absolute atomic E-state index is 5.98. The lowest BCUT2D eigenvalue weighted by molar-refractivity contribution is 1.40. The number of halogens is 1. The van der Waals surface area contributed by atoms with Crippen molar-refractivity contribution >= 4 is 33.0 Å². The van der Waals surface area contributed by atoms with E-state index in [0.717, 1.165) is 21.5 Å². The average Bonchev–Trinajstić information content (AvgIpc) is 2.25. The van der Waals surface area contributed by atoms with Crippen LogP contribution in [0.5, 0.6) is 0 Å². The zero-order valence-electron chi connectivity index (χ0n) is 9.92. The van der Waals surface area contributed by atoms with Gasteiger partial charge in [0.25, 0.3) is 0 Å². The number of aryl methyl sites for hydroxylation is 2. The normalized spacial score (nSPS) is 10.3. The van der Waals surface area contributed by atoms with Gasteiger partial charge in [-0.15, -0.1) is 0 Å². The van der Waals surface area contributed by atoms with Crippen molar-refractivity contribution in [3.05, 3.63) is 52.0 Å². The fourth-order valence-corrected chi connectivity index (χ4v) is 2.18. The zero-order valence-corrected chi connectivity index (χ0v) is 11.5. The van der Waals surface area contributed by atoms with E-state index < -0.39 is 0 Å². The molecule has 0 aliphatic rings. The van der Waals surface area contributed by atoms with Gasteiger partial charge in [-0.1, -0.05) is 22.0 Å². The number of hydrogen-bond acceptors (Lipinski definition) is 2. The maximum Gasteiger partial charge on any atom is 0.0618 e. The second kappa shape index (κ2) is 4.80. The van der Waals surface area contributed by atoms with Crippen molar-refractivity contribution in [3.8, 4) is 0 Å². The maximum atomic E-state index is 5.98. The van der Waals surface area contributed by atoms with Gasteiger partial charge < -0.3 is 11.1 Å². The van der Waals surface area contributed by atoms with Crippen LogP contribution in [-0.4, -0.2) is 0 Å². The minimum atomic E-state index is 0.771. The Balaban J connectivity index is 2.31. The molecule has 3 N–H and O–H groups in total. The number of anilines is 3. The lowest BCUT2D eigenvalue weighted by Crippen LogP contribution is -1.98. The first-order chi connectivity index (χ1) is 8.06. The number of nitrogen functional groups attached to an aromatic ring is 1. The lowest BCUT2D eigenvalue weighted by Gasteiger charge is -2.12. The minimum Gasteiger partial charge on any atom is -0.397 e. The van der Waals surface area contributed by atoms with Crippen molar-refractivity contribution in [3.63, 3.8) is 0 Å². The predicted molar refractivity (Wildman–Crippen MR) is 77.8 cm³/mol. The van der Waals surface area contributed by atoms with E-state index in [2.05, 4.69) is 34.2 Å². The second-order valence-corrected chi connectivity index (χ2v) is 5.09. The Morgan fingerprint density at radius 2 is 1.71 bits per heavy atom. The van der Waals surface area contributed by atoms with E-state index in [1.807, 2.05) is 37.3 Å². The van der Waals surface area contributed by atoms with Crippen LogP contribution in [0, 0.1) is 13.8 Å². The SMILES string of the molecule is Cc1ccc(Nc2ccc(Br)cc2C)c(N)c1. The second-order valence-electron chi connectivity index (χ2n) is 4.17. The average molecular weight is 291 g/mol. The van der Waals surface area contributed by atoms with Gasteiger partial charge in [0.1, 0.15) is 0 Å². The van der Waals surface area contributed by atoms with Crippen LogP contribution < -0.4 is 11.1 Å². The molecule has 0 saturated heterocycles. The lowest BCUT2D eigenvalue weighted by atomic mass is 10.1. The monoisotopic (exact) mass is 290 g/mol. The fourth-order valence-electron chi connectivity index (χ4n) is 1.71. The number of rotatable bonds is 2. The van der Waals surface area contributed by atoms with E-state index >= 15 is 0 Å². The first-order valence-electron chi connectivity index (χ1n) is 5.45. The molecular weight excluding hydrogens is 276 g/mol. The minimum absolute atomic E-state index is 0.771. The molecule has 0 aliphatic carbocycles. The third-order valence-electron chi connectivity index (χ3n) is 2.66. The zero-order chi connectivity index (χ0) is 12.4. The van der Waals surface area contributed by atoms with Crippen LogP contribution in [0.4, 0.5) is 17.1 Å². The quantitative estimate of drug-likeness (QED) is 0.805. The van der Waals surface area contributed by atoms with Crippen LogP contribution in [0.15, 0.2) is 40.9 Å². The largest absolute Gasteiger partial charge is 0.397 e. The molecule has 2 aromatic rings. The van der Waals surface area contributed by atoms with Crippen molar-refractivity contribution in [1.82, 2.24) is 0 Å². The van der Waals surface area contributed by atoms with Gasteiger partial charge in [-0.25, -0.2) is 0 Å². The topological polar surface area (TPSA) is 38.0 Å². The van der Waals surface area contributed by atoms with E-state index in [-0.39, 0.29) is 0 Å². The van der Waals surface area contributed by atoms with Gasteiger partial charge in [0.15, 0.2) is 0 Å². The van der Waals surface area contributed by atoms with Gasteiger partial charge in [-0.05, 0) is 55.3 Å². The molecule has 0 unspecified atom stereocenters. The summed E-state index contributed by atoms with van der Waals surface area (Å²) in [6, 6.07) is 12.2.